The highest BCUT2D eigenvalue weighted by molar-refractivity contribution is 5.97. The van der Waals surface area contributed by atoms with Crippen LogP contribution in [0.1, 0.15) is 24.2 Å². The Morgan fingerprint density at radius 3 is 2.44 bits per heavy atom. The first-order valence-corrected chi connectivity index (χ1v) is 5.75. The number of hydrogen-bond acceptors (Lipinski definition) is 4. The molecule has 0 saturated heterocycles. The van der Waals surface area contributed by atoms with Gasteiger partial charge in [0.05, 0.1) is 6.10 Å². The van der Waals surface area contributed by atoms with Crippen LogP contribution in [0.25, 0.3) is 0 Å². The van der Waals surface area contributed by atoms with Crippen molar-refractivity contribution in [3.63, 3.8) is 0 Å². The molecule has 1 unspecified atom stereocenters. The van der Waals surface area contributed by atoms with Crippen LogP contribution in [0.4, 0.5) is 5.69 Å². The predicted octanol–water partition coefficient (Wildman–Crippen LogP) is 1.19. The van der Waals surface area contributed by atoms with Crippen molar-refractivity contribution in [2.24, 2.45) is 5.73 Å². The smallest absolute Gasteiger partial charge is 0.221 e. The van der Waals surface area contributed by atoms with Gasteiger partial charge in [-0.15, -0.1) is 0 Å². The normalized spacial score (nSPS) is 11.9. The Balaban J connectivity index is 2.56. The van der Waals surface area contributed by atoms with Crippen molar-refractivity contribution in [2.75, 3.05) is 18.5 Å². The van der Waals surface area contributed by atoms with Crippen LogP contribution in [0.15, 0.2) is 24.3 Å². The number of nitrogens with two attached hydrogens (primary N) is 1. The Kier molecular flexibility index (Phi) is 5.48. The Morgan fingerprint density at radius 1 is 1.33 bits per heavy atom. The highest BCUT2D eigenvalue weighted by atomic mass is 16.5. The fourth-order valence-electron chi connectivity index (χ4n) is 1.31. The molecule has 0 heterocycles. The maximum atomic E-state index is 11.7. The quantitative estimate of drug-likeness (QED) is 0.743. The Hall–Kier alpha value is -1.72. The Morgan fingerprint density at radius 2 is 1.94 bits per heavy atom. The first-order chi connectivity index (χ1) is 8.52. The number of hydrogen-bond donors (Lipinski definition) is 2. The highest BCUT2D eigenvalue weighted by Gasteiger charge is 2.08. The van der Waals surface area contributed by atoms with Crippen molar-refractivity contribution in [1.29, 1.82) is 0 Å². The van der Waals surface area contributed by atoms with E-state index in [2.05, 4.69) is 5.32 Å². The van der Waals surface area contributed by atoms with Crippen molar-refractivity contribution in [3.05, 3.63) is 29.8 Å². The SMILES string of the molecule is CC(=O)Nc1ccc(C(=O)COC(C)CN)cc1. The third-order valence-corrected chi connectivity index (χ3v) is 2.36. The molecule has 0 bridgehead atoms. The van der Waals surface area contributed by atoms with E-state index in [1.165, 1.54) is 6.92 Å². The van der Waals surface area contributed by atoms with Crippen LogP contribution in [0, 0.1) is 0 Å². The van der Waals surface area contributed by atoms with Crippen LogP contribution in [0.3, 0.4) is 0 Å². The molecule has 3 N–H and O–H groups in total. The van der Waals surface area contributed by atoms with E-state index in [0.717, 1.165) is 0 Å². The van der Waals surface area contributed by atoms with Crippen molar-refractivity contribution >= 4 is 17.4 Å². The maximum absolute atomic E-state index is 11.7. The fraction of sp³-hybridized carbons (Fsp3) is 0.385. The van der Waals surface area contributed by atoms with Gasteiger partial charge in [-0.25, -0.2) is 0 Å². The summed E-state index contributed by atoms with van der Waals surface area (Å²) in [5.41, 5.74) is 6.60. The molecule has 18 heavy (non-hydrogen) atoms. The van der Waals surface area contributed by atoms with Crippen LogP contribution in [-0.4, -0.2) is 30.9 Å². The molecule has 0 saturated carbocycles. The summed E-state index contributed by atoms with van der Waals surface area (Å²) >= 11 is 0. The second-order valence-corrected chi connectivity index (χ2v) is 4.04. The second-order valence-electron chi connectivity index (χ2n) is 4.04. The molecule has 98 valence electrons. The van der Waals surface area contributed by atoms with E-state index in [0.29, 0.717) is 17.8 Å². The molecule has 1 aromatic carbocycles. The zero-order chi connectivity index (χ0) is 13.5. The minimum atomic E-state index is -0.144. The lowest BCUT2D eigenvalue weighted by Crippen LogP contribution is -2.23. The third kappa shape index (κ3) is 4.65. The van der Waals surface area contributed by atoms with Crippen LogP contribution in [0.2, 0.25) is 0 Å². The molecule has 1 rings (SSSR count). The molecule has 0 aliphatic rings. The second kappa shape index (κ2) is 6.88. The molecular weight excluding hydrogens is 232 g/mol. The van der Waals surface area contributed by atoms with Crippen molar-refractivity contribution in [3.8, 4) is 0 Å². The summed E-state index contributed by atoms with van der Waals surface area (Å²) < 4.78 is 5.26. The maximum Gasteiger partial charge on any atom is 0.221 e. The molecule has 1 amide bonds. The van der Waals surface area contributed by atoms with Gasteiger partial charge < -0.3 is 15.8 Å². The number of carbonyl (C=O) groups excluding carboxylic acids is 2. The number of Topliss-reactive ketones (excluding diaryl/α,β-unsaturated/α-hetero) is 1. The summed E-state index contributed by atoms with van der Waals surface area (Å²) in [6.45, 7) is 3.64. The number of rotatable bonds is 6. The third-order valence-electron chi connectivity index (χ3n) is 2.36. The number of nitrogens with one attached hydrogen (secondary N) is 1. The molecule has 0 aromatic heterocycles. The molecule has 0 aliphatic heterocycles. The van der Waals surface area contributed by atoms with E-state index in [1.54, 1.807) is 24.3 Å². The minimum Gasteiger partial charge on any atom is -0.369 e. The number of benzene rings is 1. The van der Waals surface area contributed by atoms with E-state index >= 15 is 0 Å². The van der Waals surface area contributed by atoms with Crippen molar-refractivity contribution in [2.45, 2.75) is 20.0 Å². The average molecular weight is 250 g/mol. The summed E-state index contributed by atoms with van der Waals surface area (Å²) in [7, 11) is 0. The highest BCUT2D eigenvalue weighted by Crippen LogP contribution is 2.10. The van der Waals surface area contributed by atoms with E-state index in [-0.39, 0.29) is 24.4 Å². The summed E-state index contributed by atoms with van der Waals surface area (Å²) in [6, 6.07) is 6.68. The van der Waals surface area contributed by atoms with Gasteiger partial charge in [-0.3, -0.25) is 9.59 Å². The summed E-state index contributed by atoms with van der Waals surface area (Å²) in [4.78, 5) is 22.6. The zero-order valence-corrected chi connectivity index (χ0v) is 10.6. The van der Waals surface area contributed by atoms with E-state index in [9.17, 15) is 9.59 Å². The lowest BCUT2D eigenvalue weighted by molar-refractivity contribution is -0.114. The molecule has 5 heteroatoms. The molecule has 5 nitrogen and oxygen atoms in total. The summed E-state index contributed by atoms with van der Waals surface area (Å²) in [6.07, 6.45) is -0.132. The molecule has 0 aliphatic carbocycles. The average Bonchev–Trinajstić information content (AvgIpc) is 2.35. The topological polar surface area (TPSA) is 81.4 Å². The largest absolute Gasteiger partial charge is 0.369 e. The van der Waals surface area contributed by atoms with Crippen LogP contribution >= 0.6 is 0 Å². The van der Waals surface area contributed by atoms with Crippen molar-refractivity contribution in [1.82, 2.24) is 0 Å². The van der Waals surface area contributed by atoms with Gasteiger partial charge in [-0.2, -0.15) is 0 Å². The standard InChI is InChI=1S/C13H18N2O3/c1-9(7-14)18-8-13(17)11-3-5-12(6-4-11)15-10(2)16/h3-6,9H,7-8,14H2,1-2H3,(H,15,16). The summed E-state index contributed by atoms with van der Waals surface area (Å²) in [5, 5.41) is 2.63. The molecular formula is C13H18N2O3. The number of amides is 1. The van der Waals surface area contributed by atoms with Gasteiger partial charge in [0.25, 0.3) is 0 Å². The van der Waals surface area contributed by atoms with E-state index in [4.69, 9.17) is 10.5 Å². The zero-order valence-electron chi connectivity index (χ0n) is 10.6. The van der Waals surface area contributed by atoms with E-state index < -0.39 is 0 Å². The van der Waals surface area contributed by atoms with Gasteiger partial charge in [-0.1, -0.05) is 0 Å². The number of ketones is 1. The van der Waals surface area contributed by atoms with Gasteiger partial charge in [0.15, 0.2) is 5.78 Å². The first-order valence-electron chi connectivity index (χ1n) is 5.75. The summed E-state index contributed by atoms with van der Waals surface area (Å²) in [5.74, 6) is -0.251. The molecule has 1 aromatic rings. The predicted molar refractivity (Wildman–Crippen MR) is 69.5 cm³/mol. The molecule has 0 spiro atoms. The number of anilines is 1. The first kappa shape index (κ1) is 14.3. The van der Waals surface area contributed by atoms with Crippen LogP contribution in [-0.2, 0) is 9.53 Å². The Labute approximate surface area is 106 Å². The van der Waals surface area contributed by atoms with Gasteiger partial charge in [0, 0.05) is 24.7 Å². The lowest BCUT2D eigenvalue weighted by Gasteiger charge is -2.09. The van der Waals surface area contributed by atoms with Crippen LogP contribution in [0.5, 0.6) is 0 Å². The Bertz CT molecular complexity index is 415. The van der Waals surface area contributed by atoms with Gasteiger partial charge in [0.2, 0.25) is 5.91 Å². The van der Waals surface area contributed by atoms with Crippen molar-refractivity contribution < 1.29 is 14.3 Å². The van der Waals surface area contributed by atoms with E-state index in [1.807, 2.05) is 6.92 Å². The van der Waals surface area contributed by atoms with Gasteiger partial charge in [-0.05, 0) is 31.2 Å². The molecule has 0 fully saturated rings. The lowest BCUT2D eigenvalue weighted by atomic mass is 10.1. The van der Waals surface area contributed by atoms with Crippen LogP contribution < -0.4 is 11.1 Å². The van der Waals surface area contributed by atoms with Gasteiger partial charge >= 0.3 is 0 Å². The van der Waals surface area contributed by atoms with Gasteiger partial charge in [0.1, 0.15) is 6.61 Å². The number of carbonyl (C=O) groups is 2. The minimum absolute atomic E-state index is 0.0118. The monoisotopic (exact) mass is 250 g/mol. The number of ether oxygens (including phenoxy) is 1. The fourth-order valence-corrected chi connectivity index (χ4v) is 1.31. The molecule has 1 atom stereocenters. The molecule has 0 radical (unpaired) electrons.